The van der Waals surface area contributed by atoms with Crippen LogP contribution >= 0.6 is 11.6 Å². The Bertz CT molecular complexity index is 915. The topological polar surface area (TPSA) is 59.1 Å². The SMILES string of the molecule is O=C(C[C@]1(COc2ccc(Cl)cc2)CCCN(C(=O)c2ccccc2)C1)N1CCOCC1. The van der Waals surface area contributed by atoms with Gasteiger partial charge in [0.2, 0.25) is 5.91 Å². The Balaban J connectivity index is 1.52. The minimum atomic E-state index is -0.447. The number of morpholine rings is 1. The molecule has 4 rings (SSSR count). The largest absolute Gasteiger partial charge is 0.493 e. The van der Waals surface area contributed by atoms with Crippen LogP contribution in [-0.2, 0) is 9.53 Å². The van der Waals surface area contributed by atoms with Crippen molar-refractivity contribution in [2.75, 3.05) is 46.0 Å². The number of rotatable bonds is 6. The second-order valence-corrected chi connectivity index (χ2v) is 9.05. The summed E-state index contributed by atoms with van der Waals surface area (Å²) in [6.45, 7) is 3.90. The smallest absolute Gasteiger partial charge is 0.253 e. The number of ether oxygens (including phenoxy) is 2. The third-order valence-corrected chi connectivity index (χ3v) is 6.47. The zero-order valence-corrected chi connectivity index (χ0v) is 18.9. The van der Waals surface area contributed by atoms with Gasteiger partial charge >= 0.3 is 0 Å². The highest BCUT2D eigenvalue weighted by atomic mass is 35.5. The number of halogens is 1. The van der Waals surface area contributed by atoms with E-state index in [-0.39, 0.29) is 11.8 Å². The number of benzene rings is 2. The van der Waals surface area contributed by atoms with Crippen LogP contribution in [0.15, 0.2) is 54.6 Å². The molecule has 2 aliphatic heterocycles. The first-order chi connectivity index (χ1) is 15.5. The predicted octanol–water partition coefficient (Wildman–Crippen LogP) is 3.89. The second-order valence-electron chi connectivity index (χ2n) is 8.61. The highest BCUT2D eigenvalue weighted by Crippen LogP contribution is 2.36. The van der Waals surface area contributed by atoms with E-state index in [4.69, 9.17) is 21.1 Å². The average molecular weight is 457 g/mol. The molecule has 2 aromatic carbocycles. The van der Waals surface area contributed by atoms with E-state index in [1.165, 1.54) is 0 Å². The molecule has 0 spiro atoms. The number of carbonyl (C=O) groups is 2. The first kappa shape index (κ1) is 22.6. The molecule has 0 bridgehead atoms. The van der Waals surface area contributed by atoms with Gasteiger partial charge in [0.1, 0.15) is 5.75 Å². The van der Waals surface area contributed by atoms with Crippen LogP contribution in [0.5, 0.6) is 5.75 Å². The van der Waals surface area contributed by atoms with Gasteiger partial charge in [-0.1, -0.05) is 29.8 Å². The van der Waals surface area contributed by atoms with Crippen LogP contribution in [0.3, 0.4) is 0 Å². The maximum absolute atomic E-state index is 13.2. The van der Waals surface area contributed by atoms with Crippen molar-refractivity contribution in [2.24, 2.45) is 5.41 Å². The summed E-state index contributed by atoms with van der Waals surface area (Å²) in [7, 11) is 0. The van der Waals surface area contributed by atoms with E-state index in [1.54, 1.807) is 12.1 Å². The Morgan fingerprint density at radius 1 is 0.969 bits per heavy atom. The Hall–Kier alpha value is -2.57. The van der Waals surface area contributed by atoms with Gasteiger partial charge in [-0.3, -0.25) is 9.59 Å². The van der Waals surface area contributed by atoms with Crippen molar-refractivity contribution in [3.05, 3.63) is 65.2 Å². The summed E-state index contributed by atoms with van der Waals surface area (Å²) < 4.78 is 11.5. The zero-order valence-electron chi connectivity index (χ0n) is 18.2. The molecule has 0 radical (unpaired) electrons. The number of likely N-dealkylation sites (tertiary alicyclic amines) is 1. The van der Waals surface area contributed by atoms with Crippen molar-refractivity contribution in [3.63, 3.8) is 0 Å². The fourth-order valence-electron chi connectivity index (χ4n) is 4.47. The van der Waals surface area contributed by atoms with Gasteiger partial charge in [0.05, 0.1) is 19.8 Å². The summed E-state index contributed by atoms with van der Waals surface area (Å²) in [4.78, 5) is 30.1. The highest BCUT2D eigenvalue weighted by Gasteiger charge is 2.41. The molecule has 2 amide bonds. The first-order valence-corrected chi connectivity index (χ1v) is 11.5. The van der Waals surface area contributed by atoms with Gasteiger partial charge in [0.15, 0.2) is 0 Å². The molecule has 32 heavy (non-hydrogen) atoms. The molecule has 7 heteroatoms. The van der Waals surface area contributed by atoms with Gasteiger partial charge in [-0.25, -0.2) is 0 Å². The van der Waals surface area contributed by atoms with Crippen LogP contribution in [0.2, 0.25) is 5.02 Å². The molecule has 6 nitrogen and oxygen atoms in total. The normalized spacial score (nSPS) is 21.3. The Morgan fingerprint density at radius 2 is 1.69 bits per heavy atom. The van der Waals surface area contributed by atoms with Gasteiger partial charge in [-0.15, -0.1) is 0 Å². The third-order valence-electron chi connectivity index (χ3n) is 6.22. The van der Waals surface area contributed by atoms with Crippen molar-refractivity contribution in [3.8, 4) is 5.75 Å². The van der Waals surface area contributed by atoms with E-state index in [0.717, 1.165) is 12.8 Å². The molecule has 2 heterocycles. The van der Waals surface area contributed by atoms with Crippen molar-refractivity contribution < 1.29 is 19.1 Å². The Kier molecular flexibility index (Phi) is 7.33. The van der Waals surface area contributed by atoms with Gasteiger partial charge in [0.25, 0.3) is 5.91 Å². The number of nitrogens with zero attached hydrogens (tertiary/aromatic N) is 2. The molecule has 0 aliphatic carbocycles. The molecule has 1 atom stereocenters. The van der Waals surface area contributed by atoms with Crippen LogP contribution in [0.4, 0.5) is 0 Å². The van der Waals surface area contributed by atoms with E-state index in [9.17, 15) is 9.59 Å². The van der Waals surface area contributed by atoms with Crippen LogP contribution < -0.4 is 4.74 Å². The Labute approximate surface area is 194 Å². The molecular formula is C25H29ClN2O4. The molecule has 2 saturated heterocycles. The molecule has 0 saturated carbocycles. The lowest BCUT2D eigenvalue weighted by atomic mass is 9.77. The van der Waals surface area contributed by atoms with Crippen LogP contribution in [0.1, 0.15) is 29.6 Å². The minimum Gasteiger partial charge on any atom is -0.493 e. The standard InChI is InChI=1S/C25H29ClN2O4/c26-21-7-9-22(10-8-21)32-19-25(17-23(29)27-13-15-31-16-14-27)11-4-12-28(18-25)24(30)20-5-2-1-3-6-20/h1-3,5-10H,4,11-19H2/t25-/m1/s1. The van der Waals surface area contributed by atoms with Gasteiger partial charge < -0.3 is 19.3 Å². The fraction of sp³-hybridized carbons (Fsp3) is 0.440. The van der Waals surface area contributed by atoms with Crippen LogP contribution in [0.25, 0.3) is 0 Å². The quantitative estimate of drug-likeness (QED) is 0.661. The van der Waals surface area contributed by atoms with E-state index in [2.05, 4.69) is 0 Å². The van der Waals surface area contributed by atoms with E-state index < -0.39 is 5.41 Å². The summed E-state index contributed by atoms with van der Waals surface area (Å²) in [6.07, 6.45) is 2.01. The van der Waals surface area contributed by atoms with Gasteiger partial charge in [0, 0.05) is 48.6 Å². The maximum atomic E-state index is 13.2. The molecule has 170 valence electrons. The highest BCUT2D eigenvalue weighted by molar-refractivity contribution is 6.30. The van der Waals surface area contributed by atoms with Crippen molar-refractivity contribution >= 4 is 23.4 Å². The number of carbonyl (C=O) groups excluding carboxylic acids is 2. The molecule has 2 aromatic rings. The number of hydrogen-bond acceptors (Lipinski definition) is 4. The second kappa shape index (κ2) is 10.4. The maximum Gasteiger partial charge on any atom is 0.253 e. The fourth-order valence-corrected chi connectivity index (χ4v) is 4.60. The number of amides is 2. The third kappa shape index (κ3) is 5.61. The van der Waals surface area contributed by atoms with Gasteiger partial charge in [-0.2, -0.15) is 0 Å². The van der Waals surface area contributed by atoms with Crippen LogP contribution in [-0.4, -0.2) is 67.6 Å². The predicted molar refractivity (Wildman–Crippen MR) is 123 cm³/mol. The lowest BCUT2D eigenvalue weighted by molar-refractivity contribution is -0.139. The molecule has 0 aromatic heterocycles. The van der Waals surface area contributed by atoms with E-state index >= 15 is 0 Å². The average Bonchev–Trinajstić information content (AvgIpc) is 2.84. The van der Waals surface area contributed by atoms with E-state index in [1.807, 2.05) is 52.3 Å². The molecule has 0 unspecified atom stereocenters. The molecule has 2 aliphatic rings. The summed E-state index contributed by atoms with van der Waals surface area (Å²) >= 11 is 5.99. The monoisotopic (exact) mass is 456 g/mol. The lowest BCUT2D eigenvalue weighted by Crippen LogP contribution is -2.52. The summed E-state index contributed by atoms with van der Waals surface area (Å²) in [6, 6.07) is 16.5. The first-order valence-electron chi connectivity index (χ1n) is 11.1. The number of piperidine rings is 1. The Morgan fingerprint density at radius 3 is 2.41 bits per heavy atom. The summed E-state index contributed by atoms with van der Waals surface area (Å²) in [5.41, 5.74) is 0.221. The lowest BCUT2D eigenvalue weighted by Gasteiger charge is -2.43. The van der Waals surface area contributed by atoms with Crippen LogP contribution in [0, 0.1) is 5.41 Å². The molecule has 0 N–H and O–H groups in total. The molecule has 2 fully saturated rings. The van der Waals surface area contributed by atoms with Crippen molar-refractivity contribution in [1.29, 1.82) is 0 Å². The minimum absolute atomic E-state index is 0.00000980. The van der Waals surface area contributed by atoms with Crippen molar-refractivity contribution in [1.82, 2.24) is 9.80 Å². The van der Waals surface area contributed by atoms with Crippen molar-refractivity contribution in [2.45, 2.75) is 19.3 Å². The van der Waals surface area contributed by atoms with E-state index in [0.29, 0.717) is 68.8 Å². The summed E-state index contributed by atoms with van der Waals surface area (Å²) in [5, 5.41) is 0.645. The van der Waals surface area contributed by atoms with Gasteiger partial charge in [-0.05, 0) is 49.2 Å². The molecular weight excluding hydrogens is 428 g/mol. The number of hydrogen-bond donors (Lipinski definition) is 0. The summed E-state index contributed by atoms with van der Waals surface area (Å²) in [5.74, 6) is 0.807. The zero-order chi connectivity index (χ0) is 22.4.